The third-order valence-corrected chi connectivity index (χ3v) is 6.51. The van der Waals surface area contributed by atoms with Gasteiger partial charge in [-0.15, -0.1) is 0 Å². The Morgan fingerprint density at radius 2 is 1.70 bits per heavy atom. The second kappa shape index (κ2) is 8.00. The Morgan fingerprint density at radius 1 is 1.03 bits per heavy atom. The van der Waals surface area contributed by atoms with E-state index in [2.05, 4.69) is 15.3 Å². The molecule has 0 aliphatic carbocycles. The summed E-state index contributed by atoms with van der Waals surface area (Å²) >= 11 is 0. The molecule has 0 atom stereocenters. The van der Waals surface area contributed by atoms with Gasteiger partial charge in [0, 0.05) is 29.8 Å². The Bertz CT molecular complexity index is 1260. The fourth-order valence-corrected chi connectivity index (χ4v) is 4.31. The topological polar surface area (TPSA) is 101 Å². The molecule has 0 bridgehead atoms. The van der Waals surface area contributed by atoms with Crippen molar-refractivity contribution in [2.75, 3.05) is 7.11 Å². The van der Waals surface area contributed by atoms with Gasteiger partial charge in [-0.2, -0.15) is 0 Å². The van der Waals surface area contributed by atoms with Gasteiger partial charge in [-0.3, -0.25) is 9.78 Å². The molecule has 7 nitrogen and oxygen atoms in total. The Balaban J connectivity index is 1.44. The van der Waals surface area contributed by atoms with Gasteiger partial charge < -0.3 is 15.0 Å². The van der Waals surface area contributed by atoms with E-state index < -0.39 is 9.84 Å². The molecule has 152 valence electrons. The van der Waals surface area contributed by atoms with Gasteiger partial charge in [0.15, 0.2) is 0 Å². The second-order valence-corrected chi connectivity index (χ2v) is 8.60. The normalized spacial score (nSPS) is 11.4. The molecule has 0 unspecified atom stereocenters. The molecular formula is C22H19N3O4S. The van der Waals surface area contributed by atoms with Crippen LogP contribution in [0.5, 0.6) is 5.75 Å². The number of nitrogens with zero attached hydrogens (tertiary/aromatic N) is 1. The van der Waals surface area contributed by atoms with Crippen molar-refractivity contribution in [3.63, 3.8) is 0 Å². The maximum absolute atomic E-state index is 12.8. The number of carbonyl (C=O) groups is 1. The number of carbonyl (C=O) groups excluding carboxylic acids is 1. The zero-order valence-corrected chi connectivity index (χ0v) is 16.9. The van der Waals surface area contributed by atoms with Crippen molar-refractivity contribution in [2.45, 2.75) is 16.3 Å². The highest BCUT2D eigenvalue weighted by atomic mass is 32.2. The molecule has 0 spiro atoms. The SMILES string of the molecule is COc1ccc(S(=O)(=O)c2ccc(CNC(=O)c3cc4cnccc4[nH]3)cc2)cc1. The van der Waals surface area contributed by atoms with E-state index in [0.29, 0.717) is 11.4 Å². The molecule has 8 heteroatoms. The molecule has 0 aliphatic rings. The molecule has 1 amide bonds. The van der Waals surface area contributed by atoms with Crippen molar-refractivity contribution in [2.24, 2.45) is 0 Å². The highest BCUT2D eigenvalue weighted by Crippen LogP contribution is 2.23. The van der Waals surface area contributed by atoms with Crippen LogP contribution >= 0.6 is 0 Å². The molecule has 2 aromatic carbocycles. The number of nitrogens with one attached hydrogen (secondary N) is 2. The maximum Gasteiger partial charge on any atom is 0.267 e. The van der Waals surface area contributed by atoms with Crippen LogP contribution in [-0.2, 0) is 16.4 Å². The number of hydrogen-bond donors (Lipinski definition) is 2. The number of ether oxygens (including phenoxy) is 1. The number of H-pyrrole nitrogens is 1. The molecule has 0 radical (unpaired) electrons. The predicted octanol–water partition coefficient (Wildman–Crippen LogP) is 3.33. The smallest absolute Gasteiger partial charge is 0.267 e. The number of aromatic nitrogens is 2. The molecule has 2 N–H and O–H groups in total. The number of benzene rings is 2. The van der Waals surface area contributed by atoms with Crippen LogP contribution in [0.25, 0.3) is 10.9 Å². The van der Waals surface area contributed by atoms with E-state index >= 15 is 0 Å². The van der Waals surface area contributed by atoms with Crippen LogP contribution in [0.15, 0.2) is 82.8 Å². The first-order valence-electron chi connectivity index (χ1n) is 9.16. The molecular weight excluding hydrogens is 402 g/mol. The molecule has 0 aliphatic heterocycles. The van der Waals surface area contributed by atoms with Crippen molar-refractivity contribution in [3.8, 4) is 5.75 Å². The third-order valence-electron chi connectivity index (χ3n) is 4.72. The quantitative estimate of drug-likeness (QED) is 0.497. The van der Waals surface area contributed by atoms with Gasteiger partial charge in [0.05, 0.1) is 16.9 Å². The van der Waals surface area contributed by atoms with Crippen LogP contribution in [-0.4, -0.2) is 31.4 Å². The van der Waals surface area contributed by atoms with E-state index in [0.717, 1.165) is 16.5 Å². The number of fused-ring (bicyclic) bond motifs is 1. The summed E-state index contributed by atoms with van der Waals surface area (Å²) in [4.78, 5) is 19.8. The van der Waals surface area contributed by atoms with Crippen molar-refractivity contribution < 1.29 is 17.9 Å². The number of pyridine rings is 1. The van der Waals surface area contributed by atoms with Crippen molar-refractivity contribution >= 4 is 26.6 Å². The number of rotatable bonds is 6. The van der Waals surface area contributed by atoms with Crippen molar-refractivity contribution in [1.29, 1.82) is 0 Å². The van der Waals surface area contributed by atoms with Gasteiger partial charge in [0.2, 0.25) is 9.84 Å². The van der Waals surface area contributed by atoms with E-state index in [-0.39, 0.29) is 22.2 Å². The molecule has 4 aromatic rings. The van der Waals surface area contributed by atoms with Gasteiger partial charge in [-0.1, -0.05) is 12.1 Å². The number of hydrogen-bond acceptors (Lipinski definition) is 5. The number of sulfone groups is 1. The summed E-state index contributed by atoms with van der Waals surface area (Å²) in [5, 5.41) is 3.68. The lowest BCUT2D eigenvalue weighted by Crippen LogP contribution is -2.23. The largest absolute Gasteiger partial charge is 0.497 e. The molecule has 2 aromatic heterocycles. The Hall–Kier alpha value is -3.65. The first-order chi connectivity index (χ1) is 14.5. The summed E-state index contributed by atoms with van der Waals surface area (Å²) in [5.41, 5.74) is 2.06. The monoisotopic (exact) mass is 421 g/mol. The molecule has 4 rings (SSSR count). The highest BCUT2D eigenvalue weighted by molar-refractivity contribution is 7.91. The van der Waals surface area contributed by atoms with E-state index in [1.54, 1.807) is 48.8 Å². The fraction of sp³-hybridized carbons (Fsp3) is 0.0909. The summed E-state index contributed by atoms with van der Waals surface area (Å²) in [6.45, 7) is 0.273. The van der Waals surface area contributed by atoms with E-state index in [4.69, 9.17) is 4.74 Å². The third kappa shape index (κ3) is 3.90. The molecule has 0 saturated carbocycles. The van der Waals surface area contributed by atoms with Gasteiger partial charge in [-0.05, 0) is 54.1 Å². The first-order valence-corrected chi connectivity index (χ1v) is 10.6. The summed E-state index contributed by atoms with van der Waals surface area (Å²) in [7, 11) is -2.10. The second-order valence-electron chi connectivity index (χ2n) is 6.65. The Kier molecular flexibility index (Phi) is 5.24. The van der Waals surface area contributed by atoms with Gasteiger partial charge in [0.25, 0.3) is 5.91 Å². The summed E-state index contributed by atoms with van der Waals surface area (Å²) in [6, 6.07) is 16.2. The van der Waals surface area contributed by atoms with Crippen molar-refractivity contribution in [1.82, 2.24) is 15.3 Å². The highest BCUT2D eigenvalue weighted by Gasteiger charge is 2.17. The van der Waals surface area contributed by atoms with Crippen LogP contribution in [0.1, 0.15) is 16.1 Å². The average Bonchev–Trinajstić information content (AvgIpc) is 3.22. The van der Waals surface area contributed by atoms with E-state index in [1.165, 1.54) is 31.4 Å². The molecule has 0 fully saturated rings. The van der Waals surface area contributed by atoms with Crippen LogP contribution < -0.4 is 10.1 Å². The standard InChI is InChI=1S/C22H19N3O4S/c1-29-17-4-8-19(9-5-17)30(27,28)18-6-2-15(3-7-18)13-24-22(26)21-12-16-14-23-11-10-20(16)25-21/h2-12,14,25H,13H2,1H3,(H,24,26). The zero-order valence-electron chi connectivity index (χ0n) is 16.1. The lowest BCUT2D eigenvalue weighted by Gasteiger charge is -2.08. The number of amides is 1. The lowest BCUT2D eigenvalue weighted by atomic mass is 10.2. The van der Waals surface area contributed by atoms with Gasteiger partial charge in [0.1, 0.15) is 11.4 Å². The van der Waals surface area contributed by atoms with Gasteiger partial charge in [-0.25, -0.2) is 8.42 Å². The van der Waals surface area contributed by atoms with Gasteiger partial charge >= 0.3 is 0 Å². The Morgan fingerprint density at radius 3 is 2.33 bits per heavy atom. The Labute approximate surface area is 173 Å². The first kappa shape index (κ1) is 19.7. The predicted molar refractivity (Wildman–Crippen MR) is 112 cm³/mol. The fourth-order valence-electron chi connectivity index (χ4n) is 3.05. The summed E-state index contributed by atoms with van der Waals surface area (Å²) in [6.07, 6.45) is 3.34. The molecule has 30 heavy (non-hydrogen) atoms. The van der Waals surface area contributed by atoms with Crippen LogP contribution in [0.4, 0.5) is 0 Å². The van der Waals surface area contributed by atoms with Crippen LogP contribution in [0, 0.1) is 0 Å². The van der Waals surface area contributed by atoms with Crippen LogP contribution in [0.2, 0.25) is 0 Å². The molecule has 2 heterocycles. The summed E-state index contributed by atoms with van der Waals surface area (Å²) < 4.78 is 30.6. The van der Waals surface area contributed by atoms with Crippen molar-refractivity contribution in [3.05, 3.63) is 84.3 Å². The summed E-state index contributed by atoms with van der Waals surface area (Å²) in [5.74, 6) is 0.340. The number of aromatic amines is 1. The van der Waals surface area contributed by atoms with E-state index in [1.807, 2.05) is 0 Å². The molecule has 0 saturated heterocycles. The van der Waals surface area contributed by atoms with E-state index in [9.17, 15) is 13.2 Å². The maximum atomic E-state index is 12.8. The zero-order chi connectivity index (χ0) is 21.1. The minimum atomic E-state index is -3.62. The number of methoxy groups -OCH3 is 1. The minimum Gasteiger partial charge on any atom is -0.497 e. The minimum absolute atomic E-state index is 0.186. The lowest BCUT2D eigenvalue weighted by molar-refractivity contribution is 0.0946. The average molecular weight is 421 g/mol. The van der Waals surface area contributed by atoms with Crippen LogP contribution in [0.3, 0.4) is 0 Å².